The summed E-state index contributed by atoms with van der Waals surface area (Å²) in [7, 11) is 0. The first-order valence-electron chi connectivity index (χ1n) is 6.43. The van der Waals surface area contributed by atoms with Crippen LogP contribution < -0.4 is 11.1 Å². The molecule has 2 aromatic rings. The zero-order valence-corrected chi connectivity index (χ0v) is 16.3. The van der Waals surface area contributed by atoms with E-state index in [-0.39, 0.29) is 24.0 Å². The highest BCUT2D eigenvalue weighted by Gasteiger charge is 1.97. The van der Waals surface area contributed by atoms with Crippen molar-refractivity contribution in [2.24, 2.45) is 10.7 Å². The number of thiazole rings is 1. The molecule has 2 aromatic heterocycles. The molecule has 0 amide bonds. The molecule has 0 bridgehead atoms. The molecule has 2 rings (SSSR count). The lowest BCUT2D eigenvalue weighted by Gasteiger charge is -2.04. The third-order valence-corrected chi connectivity index (χ3v) is 5.47. The highest BCUT2D eigenvalue weighted by atomic mass is 127. The molecular formula is C13H19IN4S3. The molecule has 3 N–H and O–H groups in total. The number of hydrogen-bond donors (Lipinski definition) is 2. The minimum Gasteiger partial charge on any atom is -0.370 e. The number of guanidine groups is 1. The van der Waals surface area contributed by atoms with Crippen molar-refractivity contribution in [3.63, 3.8) is 0 Å². The Morgan fingerprint density at radius 2 is 2.29 bits per heavy atom. The van der Waals surface area contributed by atoms with Gasteiger partial charge in [-0.05, 0) is 24.3 Å². The quantitative estimate of drug-likeness (QED) is 0.211. The number of aliphatic imine (C=N–C) groups is 1. The summed E-state index contributed by atoms with van der Waals surface area (Å²) in [5.41, 5.74) is 5.82. The fourth-order valence-electron chi connectivity index (χ4n) is 1.53. The number of thioether (sulfide) groups is 1. The Kier molecular flexibility index (Phi) is 10.1. The van der Waals surface area contributed by atoms with E-state index in [9.17, 15) is 0 Å². The molecule has 0 unspecified atom stereocenters. The Bertz CT molecular complexity index is 499. The highest BCUT2D eigenvalue weighted by Crippen LogP contribution is 2.20. The van der Waals surface area contributed by atoms with Crippen molar-refractivity contribution in [1.29, 1.82) is 0 Å². The molecule has 2 heterocycles. The topological polar surface area (TPSA) is 63.3 Å². The fraction of sp³-hybridized carbons (Fsp3) is 0.385. The Hall–Kier alpha value is -0.320. The van der Waals surface area contributed by atoms with Crippen molar-refractivity contribution in [2.45, 2.75) is 17.2 Å². The lowest BCUT2D eigenvalue weighted by molar-refractivity contribution is 0.848. The number of aromatic nitrogens is 1. The van der Waals surface area contributed by atoms with Crippen LogP contribution in [0.5, 0.6) is 0 Å². The van der Waals surface area contributed by atoms with Gasteiger partial charge in [0.2, 0.25) is 0 Å². The van der Waals surface area contributed by atoms with Crippen LogP contribution in [0.15, 0.2) is 38.4 Å². The summed E-state index contributed by atoms with van der Waals surface area (Å²) in [6.07, 6.45) is 3.84. The molecule has 0 aliphatic carbocycles. The molecular weight excluding hydrogens is 435 g/mol. The van der Waals surface area contributed by atoms with Gasteiger partial charge in [0, 0.05) is 35.3 Å². The summed E-state index contributed by atoms with van der Waals surface area (Å²) in [4.78, 5) is 9.91. The summed E-state index contributed by atoms with van der Waals surface area (Å²) in [5, 5.41) is 7.23. The zero-order valence-electron chi connectivity index (χ0n) is 11.5. The number of halogens is 1. The van der Waals surface area contributed by atoms with Crippen molar-refractivity contribution in [3.05, 3.63) is 34.0 Å². The number of thiophene rings is 1. The van der Waals surface area contributed by atoms with E-state index >= 15 is 0 Å². The molecule has 0 saturated heterocycles. The van der Waals surface area contributed by atoms with Gasteiger partial charge in [0.05, 0.1) is 0 Å². The van der Waals surface area contributed by atoms with E-state index in [2.05, 4.69) is 32.8 Å². The van der Waals surface area contributed by atoms with Gasteiger partial charge < -0.3 is 11.1 Å². The van der Waals surface area contributed by atoms with Gasteiger partial charge in [-0.1, -0.05) is 17.8 Å². The second kappa shape index (κ2) is 11.3. The predicted octanol–water partition coefficient (Wildman–Crippen LogP) is 3.45. The summed E-state index contributed by atoms with van der Waals surface area (Å²) in [6, 6.07) is 4.20. The Labute approximate surface area is 154 Å². The monoisotopic (exact) mass is 454 g/mol. The molecule has 0 fully saturated rings. The van der Waals surface area contributed by atoms with Crippen LogP contribution in [0.25, 0.3) is 0 Å². The van der Waals surface area contributed by atoms with Gasteiger partial charge in [-0.3, -0.25) is 4.99 Å². The number of nitrogens with zero attached hydrogens (tertiary/aromatic N) is 2. The van der Waals surface area contributed by atoms with E-state index in [1.807, 2.05) is 11.6 Å². The normalized spacial score (nSPS) is 11.1. The largest absolute Gasteiger partial charge is 0.370 e. The molecule has 0 radical (unpaired) electrons. The predicted molar refractivity (Wildman–Crippen MR) is 105 cm³/mol. The second-order valence-electron chi connectivity index (χ2n) is 4.02. The Balaban J connectivity index is 0.00000220. The van der Waals surface area contributed by atoms with Crippen LogP contribution in [-0.4, -0.2) is 29.8 Å². The molecule has 116 valence electrons. The first-order chi connectivity index (χ1) is 9.84. The third kappa shape index (κ3) is 8.03. The van der Waals surface area contributed by atoms with Crippen LogP contribution in [-0.2, 0) is 6.42 Å². The summed E-state index contributed by atoms with van der Waals surface area (Å²) in [5.74, 6) is 1.57. The second-order valence-corrected chi connectivity index (χ2v) is 7.29. The maximum atomic E-state index is 5.82. The highest BCUT2D eigenvalue weighted by molar-refractivity contribution is 14.0. The van der Waals surface area contributed by atoms with Crippen LogP contribution in [0.3, 0.4) is 0 Å². The van der Waals surface area contributed by atoms with E-state index in [1.165, 1.54) is 4.88 Å². The molecule has 0 aromatic carbocycles. The zero-order chi connectivity index (χ0) is 14.0. The van der Waals surface area contributed by atoms with Gasteiger partial charge in [-0.2, -0.15) is 0 Å². The fourth-order valence-corrected chi connectivity index (χ4v) is 3.87. The standard InChI is InChI=1S/C13H18N4S3.HI/c14-12(16-6-4-11-3-1-8-18-11)15-5-2-9-19-13-17-7-10-20-13;/h1,3,7-8,10H,2,4-6,9H2,(H3,14,15,16);1H. The van der Waals surface area contributed by atoms with Crippen LogP contribution in [0.4, 0.5) is 0 Å². The first-order valence-corrected chi connectivity index (χ1v) is 9.17. The molecule has 4 nitrogen and oxygen atoms in total. The molecule has 0 aliphatic rings. The van der Waals surface area contributed by atoms with Crippen LogP contribution in [0.2, 0.25) is 0 Å². The molecule has 0 atom stereocenters. The van der Waals surface area contributed by atoms with Crippen molar-refractivity contribution >= 4 is 64.4 Å². The van der Waals surface area contributed by atoms with Crippen LogP contribution in [0, 0.1) is 0 Å². The average Bonchev–Trinajstić information content (AvgIpc) is 3.11. The van der Waals surface area contributed by atoms with E-state index in [4.69, 9.17) is 5.73 Å². The smallest absolute Gasteiger partial charge is 0.188 e. The molecule has 0 saturated carbocycles. The molecule has 21 heavy (non-hydrogen) atoms. The van der Waals surface area contributed by atoms with E-state index < -0.39 is 0 Å². The van der Waals surface area contributed by atoms with E-state index in [1.54, 1.807) is 34.4 Å². The van der Waals surface area contributed by atoms with E-state index in [0.29, 0.717) is 5.96 Å². The number of hydrogen-bond acceptors (Lipinski definition) is 5. The van der Waals surface area contributed by atoms with Gasteiger partial charge in [0.15, 0.2) is 5.96 Å². The summed E-state index contributed by atoms with van der Waals surface area (Å²) in [6.45, 7) is 1.60. The van der Waals surface area contributed by atoms with Gasteiger partial charge in [0.25, 0.3) is 0 Å². The van der Waals surface area contributed by atoms with Crippen LogP contribution in [0.1, 0.15) is 11.3 Å². The van der Waals surface area contributed by atoms with Crippen molar-refractivity contribution in [2.75, 3.05) is 18.8 Å². The van der Waals surface area contributed by atoms with Gasteiger partial charge >= 0.3 is 0 Å². The van der Waals surface area contributed by atoms with Gasteiger partial charge in [-0.15, -0.1) is 46.7 Å². The average molecular weight is 454 g/mol. The number of nitrogens with two attached hydrogens (primary N) is 1. The maximum absolute atomic E-state index is 5.82. The summed E-state index contributed by atoms with van der Waals surface area (Å²) < 4.78 is 1.12. The SMILES string of the molecule is I.NC(=NCCCSc1nccs1)NCCc1cccs1. The number of nitrogens with one attached hydrogen (secondary N) is 1. The number of rotatable bonds is 8. The maximum Gasteiger partial charge on any atom is 0.188 e. The summed E-state index contributed by atoms with van der Waals surface area (Å²) >= 11 is 5.22. The molecule has 0 spiro atoms. The van der Waals surface area contributed by atoms with Gasteiger partial charge in [0.1, 0.15) is 4.34 Å². The Morgan fingerprint density at radius 3 is 3.00 bits per heavy atom. The lowest BCUT2D eigenvalue weighted by Crippen LogP contribution is -2.33. The lowest BCUT2D eigenvalue weighted by atomic mass is 10.3. The van der Waals surface area contributed by atoms with Gasteiger partial charge in [-0.25, -0.2) is 4.98 Å². The van der Waals surface area contributed by atoms with Crippen molar-refractivity contribution in [3.8, 4) is 0 Å². The molecule has 8 heteroatoms. The minimum atomic E-state index is 0. The van der Waals surface area contributed by atoms with Crippen LogP contribution >= 0.6 is 58.4 Å². The minimum absolute atomic E-state index is 0. The van der Waals surface area contributed by atoms with Crippen molar-refractivity contribution in [1.82, 2.24) is 10.3 Å². The Morgan fingerprint density at radius 1 is 1.38 bits per heavy atom. The molecule has 0 aliphatic heterocycles. The first kappa shape index (κ1) is 18.7. The van der Waals surface area contributed by atoms with E-state index in [0.717, 1.165) is 36.0 Å². The third-order valence-electron chi connectivity index (χ3n) is 2.48. The van der Waals surface area contributed by atoms with Crippen molar-refractivity contribution < 1.29 is 0 Å².